The summed E-state index contributed by atoms with van der Waals surface area (Å²) in [6.45, 7) is 5.89. The van der Waals surface area contributed by atoms with Crippen LogP contribution in [0.4, 0.5) is 5.82 Å². The number of ether oxygens (including phenoxy) is 1. The largest absolute Gasteiger partial charge is 0.383 e. The number of hydrogen-bond donors (Lipinski definition) is 1. The van der Waals surface area contributed by atoms with Gasteiger partial charge in [0.25, 0.3) is 0 Å². The molecule has 0 saturated heterocycles. The van der Waals surface area contributed by atoms with E-state index in [4.69, 9.17) is 4.74 Å². The van der Waals surface area contributed by atoms with Crippen LogP contribution in [-0.2, 0) is 11.3 Å². The van der Waals surface area contributed by atoms with Crippen LogP contribution < -0.4 is 10.2 Å². The Hall–Kier alpha value is -1.13. The van der Waals surface area contributed by atoms with Crippen LogP contribution in [0.1, 0.15) is 18.9 Å². The Morgan fingerprint density at radius 2 is 2.32 bits per heavy atom. The second-order valence-electron chi connectivity index (χ2n) is 5.51. The molecule has 0 bridgehead atoms. The van der Waals surface area contributed by atoms with Crippen LogP contribution in [0.25, 0.3) is 0 Å². The first-order valence-corrected chi connectivity index (χ1v) is 7.07. The van der Waals surface area contributed by atoms with Gasteiger partial charge in [-0.1, -0.05) is 13.0 Å². The molecule has 1 heterocycles. The van der Waals surface area contributed by atoms with E-state index >= 15 is 0 Å². The maximum Gasteiger partial charge on any atom is 0.132 e. The van der Waals surface area contributed by atoms with Gasteiger partial charge in [0.1, 0.15) is 5.82 Å². The van der Waals surface area contributed by atoms with Gasteiger partial charge >= 0.3 is 0 Å². The second-order valence-corrected chi connectivity index (χ2v) is 5.51. The lowest BCUT2D eigenvalue weighted by atomic mass is 10.2. The fourth-order valence-electron chi connectivity index (χ4n) is 2.40. The quantitative estimate of drug-likeness (QED) is 0.727. The summed E-state index contributed by atoms with van der Waals surface area (Å²) >= 11 is 0. The van der Waals surface area contributed by atoms with Crippen LogP contribution in [0.5, 0.6) is 0 Å². The van der Waals surface area contributed by atoms with Crippen LogP contribution in [0.15, 0.2) is 18.3 Å². The van der Waals surface area contributed by atoms with Gasteiger partial charge in [-0.05, 0) is 24.3 Å². The van der Waals surface area contributed by atoms with Gasteiger partial charge in [-0.2, -0.15) is 0 Å². The third kappa shape index (κ3) is 4.18. The lowest BCUT2D eigenvalue weighted by molar-refractivity contribution is 0.199. The molecule has 0 aliphatic heterocycles. The van der Waals surface area contributed by atoms with Crippen LogP contribution in [0.3, 0.4) is 0 Å². The van der Waals surface area contributed by atoms with Crippen molar-refractivity contribution in [2.24, 2.45) is 11.8 Å². The van der Waals surface area contributed by atoms with Gasteiger partial charge in [-0.25, -0.2) is 4.98 Å². The average molecular weight is 263 g/mol. The fraction of sp³-hybridized carbons (Fsp3) is 0.667. The first-order chi connectivity index (χ1) is 9.22. The molecule has 1 fully saturated rings. The minimum Gasteiger partial charge on any atom is -0.383 e. The number of anilines is 1. The molecule has 2 rings (SSSR count). The SMILES string of the molecule is COCCNCc1cccnc1N(C)CC1CC1C. The van der Waals surface area contributed by atoms with Crippen molar-refractivity contribution >= 4 is 5.82 Å². The van der Waals surface area contributed by atoms with E-state index in [1.807, 2.05) is 12.3 Å². The minimum atomic E-state index is 0.741. The summed E-state index contributed by atoms with van der Waals surface area (Å²) in [5.74, 6) is 2.84. The third-order valence-electron chi connectivity index (χ3n) is 3.81. The second kappa shape index (κ2) is 6.87. The molecule has 1 aliphatic rings. The summed E-state index contributed by atoms with van der Waals surface area (Å²) in [6.07, 6.45) is 3.24. The smallest absolute Gasteiger partial charge is 0.132 e. The molecule has 1 aliphatic carbocycles. The fourth-order valence-corrected chi connectivity index (χ4v) is 2.40. The molecule has 1 aromatic heterocycles. The predicted octanol–water partition coefficient (Wildman–Crippen LogP) is 1.91. The van der Waals surface area contributed by atoms with E-state index in [-0.39, 0.29) is 0 Å². The van der Waals surface area contributed by atoms with Crippen molar-refractivity contribution in [1.82, 2.24) is 10.3 Å². The minimum absolute atomic E-state index is 0.741. The van der Waals surface area contributed by atoms with Gasteiger partial charge < -0.3 is 15.0 Å². The van der Waals surface area contributed by atoms with Crippen molar-refractivity contribution < 1.29 is 4.74 Å². The first-order valence-electron chi connectivity index (χ1n) is 7.07. The number of aromatic nitrogens is 1. The van der Waals surface area contributed by atoms with Crippen LogP contribution in [-0.4, -0.2) is 38.8 Å². The van der Waals surface area contributed by atoms with Gasteiger partial charge in [0.05, 0.1) is 6.61 Å². The zero-order valence-corrected chi connectivity index (χ0v) is 12.2. The lowest BCUT2D eigenvalue weighted by Crippen LogP contribution is -2.25. The zero-order chi connectivity index (χ0) is 13.7. The molecule has 2 unspecified atom stereocenters. The maximum atomic E-state index is 5.04. The first kappa shape index (κ1) is 14.3. The Labute approximate surface area is 116 Å². The van der Waals surface area contributed by atoms with Gasteiger partial charge in [0, 0.05) is 45.6 Å². The Morgan fingerprint density at radius 1 is 1.53 bits per heavy atom. The lowest BCUT2D eigenvalue weighted by Gasteiger charge is -2.21. The summed E-state index contributed by atoms with van der Waals surface area (Å²) in [7, 11) is 3.87. The van der Waals surface area contributed by atoms with Crippen molar-refractivity contribution in [3.8, 4) is 0 Å². The number of hydrogen-bond acceptors (Lipinski definition) is 4. The standard InChI is InChI=1S/C15H25N3O/c1-12-9-14(12)11-18(2)15-13(5-4-6-17-15)10-16-7-8-19-3/h4-6,12,14,16H,7-11H2,1-3H3. The van der Waals surface area contributed by atoms with Crippen molar-refractivity contribution in [3.63, 3.8) is 0 Å². The predicted molar refractivity (Wildman–Crippen MR) is 78.4 cm³/mol. The van der Waals surface area contributed by atoms with Crippen molar-refractivity contribution in [2.75, 3.05) is 38.8 Å². The van der Waals surface area contributed by atoms with E-state index in [1.54, 1.807) is 7.11 Å². The molecular weight excluding hydrogens is 238 g/mol. The van der Waals surface area contributed by atoms with E-state index in [9.17, 15) is 0 Å². The summed E-state index contributed by atoms with van der Waals surface area (Å²) in [5, 5.41) is 3.38. The highest BCUT2D eigenvalue weighted by Crippen LogP contribution is 2.38. The molecule has 19 heavy (non-hydrogen) atoms. The Kier molecular flexibility index (Phi) is 5.16. The summed E-state index contributed by atoms with van der Waals surface area (Å²) in [4.78, 5) is 6.83. The summed E-state index contributed by atoms with van der Waals surface area (Å²) in [5.41, 5.74) is 1.26. The average Bonchev–Trinajstić information content (AvgIpc) is 3.10. The highest BCUT2D eigenvalue weighted by molar-refractivity contribution is 5.46. The monoisotopic (exact) mass is 263 g/mol. The molecule has 0 radical (unpaired) electrons. The number of nitrogens with zero attached hydrogens (tertiary/aromatic N) is 2. The van der Waals surface area contributed by atoms with Gasteiger partial charge in [-0.3, -0.25) is 0 Å². The zero-order valence-electron chi connectivity index (χ0n) is 12.2. The number of methoxy groups -OCH3 is 1. The molecular formula is C15H25N3O. The molecule has 0 spiro atoms. The molecule has 4 nitrogen and oxygen atoms in total. The van der Waals surface area contributed by atoms with E-state index in [0.29, 0.717) is 0 Å². The summed E-state index contributed by atoms with van der Waals surface area (Å²) in [6, 6.07) is 4.15. The Bertz CT molecular complexity index is 397. The number of nitrogens with one attached hydrogen (secondary N) is 1. The topological polar surface area (TPSA) is 37.4 Å². The van der Waals surface area contributed by atoms with E-state index in [0.717, 1.165) is 43.9 Å². The normalized spacial score (nSPS) is 21.4. The highest BCUT2D eigenvalue weighted by atomic mass is 16.5. The number of pyridine rings is 1. The van der Waals surface area contributed by atoms with Gasteiger partial charge in [-0.15, -0.1) is 0 Å². The number of rotatable bonds is 8. The summed E-state index contributed by atoms with van der Waals surface area (Å²) < 4.78 is 5.04. The Balaban J connectivity index is 1.90. The molecule has 1 saturated carbocycles. The van der Waals surface area contributed by atoms with Crippen LogP contribution in [0, 0.1) is 11.8 Å². The molecule has 1 aromatic rings. The van der Waals surface area contributed by atoms with E-state index < -0.39 is 0 Å². The molecule has 106 valence electrons. The molecule has 0 amide bonds. The van der Waals surface area contributed by atoms with Crippen LogP contribution >= 0.6 is 0 Å². The third-order valence-corrected chi connectivity index (χ3v) is 3.81. The molecule has 2 atom stereocenters. The van der Waals surface area contributed by atoms with Gasteiger partial charge in [0.15, 0.2) is 0 Å². The van der Waals surface area contributed by atoms with Crippen molar-refractivity contribution in [3.05, 3.63) is 23.9 Å². The Morgan fingerprint density at radius 3 is 3.00 bits per heavy atom. The molecule has 4 heteroatoms. The van der Waals surface area contributed by atoms with Crippen LogP contribution in [0.2, 0.25) is 0 Å². The van der Waals surface area contributed by atoms with E-state index in [2.05, 4.69) is 35.2 Å². The highest BCUT2D eigenvalue weighted by Gasteiger charge is 2.33. The maximum absolute atomic E-state index is 5.04. The molecule has 0 aromatic carbocycles. The molecule has 1 N–H and O–H groups in total. The van der Waals surface area contributed by atoms with Crippen molar-refractivity contribution in [2.45, 2.75) is 19.9 Å². The van der Waals surface area contributed by atoms with E-state index in [1.165, 1.54) is 12.0 Å². The van der Waals surface area contributed by atoms with Gasteiger partial charge in [0.2, 0.25) is 0 Å². The van der Waals surface area contributed by atoms with Crippen molar-refractivity contribution in [1.29, 1.82) is 0 Å².